The zero-order valence-electron chi connectivity index (χ0n) is 15.5. The van der Waals surface area contributed by atoms with E-state index in [9.17, 15) is 0 Å². The van der Waals surface area contributed by atoms with Gasteiger partial charge in [-0.2, -0.15) is 0 Å². The zero-order chi connectivity index (χ0) is 17.1. The summed E-state index contributed by atoms with van der Waals surface area (Å²) in [7, 11) is 3.47. The molecule has 0 radical (unpaired) electrons. The second kappa shape index (κ2) is 12.4. The highest BCUT2D eigenvalue weighted by Crippen LogP contribution is 2.25. The Morgan fingerprint density at radius 3 is 2.46 bits per heavy atom. The summed E-state index contributed by atoms with van der Waals surface area (Å²) in [5.74, 6) is 1.69. The Labute approximate surface area is 163 Å². The van der Waals surface area contributed by atoms with Crippen LogP contribution < -0.4 is 15.4 Å². The van der Waals surface area contributed by atoms with Crippen LogP contribution in [0.25, 0.3) is 0 Å². The highest BCUT2D eigenvalue weighted by Gasteiger charge is 2.13. The van der Waals surface area contributed by atoms with E-state index >= 15 is 0 Å². The fraction of sp³-hybridized carbons (Fsp3) is 0.611. The lowest BCUT2D eigenvalue weighted by Gasteiger charge is -2.20. The number of halogens is 1. The SMILES string of the molecule is CN=C(NCCCOC)NCCOc1cccc(C(C)(C)C)c1.I. The number of nitrogens with one attached hydrogen (secondary N) is 2. The van der Waals surface area contributed by atoms with Crippen molar-refractivity contribution in [3.63, 3.8) is 0 Å². The lowest BCUT2D eigenvalue weighted by molar-refractivity contribution is 0.195. The molecule has 5 nitrogen and oxygen atoms in total. The van der Waals surface area contributed by atoms with E-state index in [1.165, 1.54) is 5.56 Å². The number of hydrogen-bond acceptors (Lipinski definition) is 3. The van der Waals surface area contributed by atoms with Crippen molar-refractivity contribution in [2.75, 3.05) is 40.5 Å². The molecule has 1 aromatic rings. The first-order valence-electron chi connectivity index (χ1n) is 8.14. The molecule has 2 N–H and O–H groups in total. The molecule has 0 amide bonds. The van der Waals surface area contributed by atoms with Gasteiger partial charge in [0, 0.05) is 27.3 Å². The molecule has 0 atom stereocenters. The maximum atomic E-state index is 5.81. The number of guanidine groups is 1. The van der Waals surface area contributed by atoms with Gasteiger partial charge in [0.1, 0.15) is 12.4 Å². The van der Waals surface area contributed by atoms with Crippen molar-refractivity contribution >= 4 is 29.9 Å². The van der Waals surface area contributed by atoms with Crippen LogP contribution in [-0.2, 0) is 10.2 Å². The van der Waals surface area contributed by atoms with Crippen LogP contribution in [0, 0.1) is 0 Å². The third-order valence-electron chi connectivity index (χ3n) is 3.40. The summed E-state index contributed by atoms with van der Waals surface area (Å²) in [5.41, 5.74) is 1.41. The van der Waals surface area contributed by atoms with Gasteiger partial charge in [-0.1, -0.05) is 32.9 Å². The molecule has 0 aliphatic rings. The van der Waals surface area contributed by atoms with E-state index in [1.54, 1.807) is 14.2 Å². The van der Waals surface area contributed by atoms with Crippen LogP contribution in [0.4, 0.5) is 0 Å². The van der Waals surface area contributed by atoms with Gasteiger partial charge in [0.05, 0.1) is 6.54 Å². The molecule has 1 aromatic carbocycles. The lowest BCUT2D eigenvalue weighted by atomic mass is 9.87. The van der Waals surface area contributed by atoms with E-state index in [4.69, 9.17) is 9.47 Å². The largest absolute Gasteiger partial charge is 0.492 e. The molecule has 0 aliphatic heterocycles. The van der Waals surface area contributed by atoms with Crippen molar-refractivity contribution in [3.05, 3.63) is 29.8 Å². The Kier molecular flexibility index (Phi) is 11.8. The van der Waals surface area contributed by atoms with Crippen molar-refractivity contribution in [2.24, 2.45) is 4.99 Å². The van der Waals surface area contributed by atoms with E-state index in [0.29, 0.717) is 13.2 Å². The lowest BCUT2D eigenvalue weighted by Crippen LogP contribution is -2.39. The first-order chi connectivity index (χ1) is 11.0. The molecule has 0 spiro atoms. The molecule has 0 aliphatic carbocycles. The highest BCUT2D eigenvalue weighted by molar-refractivity contribution is 14.0. The van der Waals surface area contributed by atoms with Gasteiger partial charge in [0.2, 0.25) is 0 Å². The summed E-state index contributed by atoms with van der Waals surface area (Å²) in [5, 5.41) is 6.47. The number of rotatable bonds is 8. The van der Waals surface area contributed by atoms with E-state index in [0.717, 1.165) is 31.3 Å². The Hall–Kier alpha value is -1.02. The Balaban J connectivity index is 0.00000529. The van der Waals surface area contributed by atoms with Gasteiger partial charge in [-0.05, 0) is 29.5 Å². The molecule has 0 heterocycles. The Bertz CT molecular complexity index is 487. The van der Waals surface area contributed by atoms with Crippen molar-refractivity contribution in [1.29, 1.82) is 0 Å². The Morgan fingerprint density at radius 1 is 1.12 bits per heavy atom. The minimum atomic E-state index is 0. The third kappa shape index (κ3) is 9.32. The second-order valence-corrected chi connectivity index (χ2v) is 6.40. The smallest absolute Gasteiger partial charge is 0.191 e. The van der Waals surface area contributed by atoms with E-state index in [2.05, 4.69) is 48.5 Å². The van der Waals surface area contributed by atoms with Gasteiger partial charge >= 0.3 is 0 Å². The number of ether oxygens (including phenoxy) is 2. The van der Waals surface area contributed by atoms with E-state index < -0.39 is 0 Å². The van der Waals surface area contributed by atoms with Gasteiger partial charge < -0.3 is 20.1 Å². The normalized spacial score (nSPS) is 11.6. The number of methoxy groups -OCH3 is 1. The molecule has 0 saturated heterocycles. The van der Waals surface area contributed by atoms with Gasteiger partial charge in [0.15, 0.2) is 5.96 Å². The molecular formula is C18H32IN3O2. The minimum absolute atomic E-state index is 0. The Morgan fingerprint density at radius 2 is 1.83 bits per heavy atom. The molecule has 0 fully saturated rings. The quantitative estimate of drug-likeness (QED) is 0.277. The zero-order valence-corrected chi connectivity index (χ0v) is 17.8. The van der Waals surface area contributed by atoms with Gasteiger partial charge in [-0.25, -0.2) is 0 Å². The summed E-state index contributed by atoms with van der Waals surface area (Å²) >= 11 is 0. The number of benzene rings is 1. The van der Waals surface area contributed by atoms with Gasteiger partial charge in [-0.15, -0.1) is 24.0 Å². The van der Waals surface area contributed by atoms with Crippen LogP contribution in [0.5, 0.6) is 5.75 Å². The van der Waals surface area contributed by atoms with Crippen LogP contribution in [0.15, 0.2) is 29.3 Å². The molecule has 0 bridgehead atoms. The minimum Gasteiger partial charge on any atom is -0.492 e. The molecule has 0 saturated carbocycles. The van der Waals surface area contributed by atoms with Gasteiger partial charge in [0.25, 0.3) is 0 Å². The second-order valence-electron chi connectivity index (χ2n) is 6.40. The van der Waals surface area contributed by atoms with Gasteiger partial charge in [-0.3, -0.25) is 4.99 Å². The highest BCUT2D eigenvalue weighted by atomic mass is 127. The summed E-state index contributed by atoms with van der Waals surface area (Å²) < 4.78 is 10.8. The standard InChI is InChI=1S/C18H31N3O2.HI/c1-18(2,3)15-8-6-9-16(14-15)23-13-11-21-17(19-4)20-10-7-12-22-5;/h6,8-9,14H,7,10-13H2,1-5H3,(H2,19,20,21);1H. The fourth-order valence-electron chi connectivity index (χ4n) is 2.03. The van der Waals surface area contributed by atoms with Crippen molar-refractivity contribution in [2.45, 2.75) is 32.6 Å². The molecule has 24 heavy (non-hydrogen) atoms. The number of aliphatic imine (C=N–C) groups is 1. The van der Waals surface area contributed by atoms with E-state index in [1.807, 2.05) is 12.1 Å². The van der Waals surface area contributed by atoms with Crippen LogP contribution in [0.3, 0.4) is 0 Å². The van der Waals surface area contributed by atoms with Crippen LogP contribution in [0.2, 0.25) is 0 Å². The molecule has 138 valence electrons. The first-order valence-corrected chi connectivity index (χ1v) is 8.14. The molecule has 0 unspecified atom stereocenters. The summed E-state index contributed by atoms with van der Waals surface area (Å²) in [6, 6.07) is 8.28. The van der Waals surface area contributed by atoms with Crippen LogP contribution in [-0.4, -0.2) is 46.4 Å². The molecule has 6 heteroatoms. The number of nitrogens with zero attached hydrogens (tertiary/aromatic N) is 1. The van der Waals surface area contributed by atoms with Crippen LogP contribution >= 0.6 is 24.0 Å². The van der Waals surface area contributed by atoms with Crippen LogP contribution in [0.1, 0.15) is 32.8 Å². The number of hydrogen-bond donors (Lipinski definition) is 2. The fourth-order valence-corrected chi connectivity index (χ4v) is 2.03. The van der Waals surface area contributed by atoms with Crippen molar-refractivity contribution in [3.8, 4) is 5.75 Å². The summed E-state index contributed by atoms with van der Waals surface area (Å²) in [6.07, 6.45) is 0.952. The first kappa shape index (κ1) is 23.0. The van der Waals surface area contributed by atoms with Crippen molar-refractivity contribution in [1.82, 2.24) is 10.6 Å². The average molecular weight is 449 g/mol. The maximum Gasteiger partial charge on any atom is 0.191 e. The predicted octanol–water partition coefficient (Wildman–Crippen LogP) is 3.18. The summed E-state index contributed by atoms with van der Waals surface area (Å²) in [4.78, 5) is 4.17. The topological polar surface area (TPSA) is 54.9 Å². The molecule has 1 rings (SSSR count). The molecule has 0 aromatic heterocycles. The third-order valence-corrected chi connectivity index (χ3v) is 3.40. The maximum absolute atomic E-state index is 5.81. The monoisotopic (exact) mass is 449 g/mol. The van der Waals surface area contributed by atoms with E-state index in [-0.39, 0.29) is 29.4 Å². The van der Waals surface area contributed by atoms with Crippen molar-refractivity contribution < 1.29 is 9.47 Å². The average Bonchev–Trinajstić information content (AvgIpc) is 2.53. The predicted molar refractivity (Wildman–Crippen MR) is 112 cm³/mol. The summed E-state index contributed by atoms with van der Waals surface area (Å²) in [6.45, 7) is 9.47. The molecular weight excluding hydrogens is 417 g/mol.